The average Bonchev–Trinajstić information content (AvgIpc) is 3.15. The van der Waals surface area contributed by atoms with Gasteiger partial charge in [0, 0.05) is 12.0 Å². The summed E-state index contributed by atoms with van der Waals surface area (Å²) in [6, 6.07) is 9.39. The maximum atomic E-state index is 13.6. The van der Waals surface area contributed by atoms with Crippen molar-refractivity contribution in [1.82, 2.24) is 0 Å². The lowest BCUT2D eigenvalue weighted by atomic mass is 9.48. The van der Waals surface area contributed by atoms with Crippen molar-refractivity contribution >= 4 is 11.8 Å². The molecule has 0 aromatic heterocycles. The summed E-state index contributed by atoms with van der Waals surface area (Å²) in [5.41, 5.74) is 3.74. The van der Waals surface area contributed by atoms with Crippen molar-refractivity contribution < 1.29 is 14.3 Å². The number of hydrogen-bond donors (Lipinski definition) is 0. The van der Waals surface area contributed by atoms with Crippen molar-refractivity contribution in [3.8, 4) is 0 Å². The second-order valence-corrected chi connectivity index (χ2v) is 13.9. The van der Waals surface area contributed by atoms with Crippen molar-refractivity contribution in [2.75, 3.05) is 0 Å². The third-order valence-corrected chi connectivity index (χ3v) is 11.2. The van der Waals surface area contributed by atoms with Gasteiger partial charge in [-0.25, -0.2) is 4.79 Å². The van der Waals surface area contributed by atoms with Gasteiger partial charge in [0.15, 0.2) is 5.78 Å². The van der Waals surface area contributed by atoms with Gasteiger partial charge in [-0.1, -0.05) is 77.7 Å². The van der Waals surface area contributed by atoms with Crippen LogP contribution in [0.5, 0.6) is 0 Å². The molecule has 0 radical (unpaired) electrons. The van der Waals surface area contributed by atoms with Gasteiger partial charge < -0.3 is 4.74 Å². The van der Waals surface area contributed by atoms with Crippen molar-refractivity contribution in [2.45, 2.75) is 111 Å². The summed E-state index contributed by atoms with van der Waals surface area (Å²) in [6.45, 7) is 12.0. The van der Waals surface area contributed by atoms with Crippen LogP contribution in [-0.4, -0.2) is 17.9 Å². The molecule has 1 aromatic rings. The molecule has 3 fully saturated rings. The first-order chi connectivity index (χ1) is 17.6. The zero-order chi connectivity index (χ0) is 26.4. The molecular formula is C34H48O3. The van der Waals surface area contributed by atoms with E-state index in [0.717, 1.165) is 50.9 Å². The number of hydrogen-bond acceptors (Lipinski definition) is 3. The first-order valence-corrected chi connectivity index (χ1v) is 15.2. The first-order valence-electron chi connectivity index (χ1n) is 15.2. The minimum absolute atomic E-state index is 0.0121. The molecular weight excluding hydrogens is 456 g/mol. The Kier molecular flexibility index (Phi) is 7.46. The Bertz CT molecular complexity index is 1040. The van der Waals surface area contributed by atoms with Crippen LogP contribution in [0.15, 0.2) is 41.5 Å². The standard InChI is InChI=1S/C34H48O3/c1-22(2)10-9-11-23(3)29-21-30(35)31-27-15-14-25-20-26(37-32(36)24-12-7-6-8-13-24)16-18-33(25,4)28(27)17-19-34(29,31)5/h6-8,12-13,22-23,25-26,28-29H,9-11,14-21H2,1-5H3/t23-,25?,26+,28+,29-,33+,34-/m1/s1. The van der Waals surface area contributed by atoms with E-state index in [4.69, 9.17) is 4.74 Å². The molecule has 3 heteroatoms. The van der Waals surface area contributed by atoms with E-state index in [1.165, 1.54) is 36.8 Å². The maximum Gasteiger partial charge on any atom is 0.338 e. The van der Waals surface area contributed by atoms with Crippen LogP contribution in [0.2, 0.25) is 0 Å². The molecule has 0 aliphatic heterocycles. The molecule has 0 bridgehead atoms. The molecule has 0 amide bonds. The molecule has 4 aliphatic carbocycles. The molecule has 0 N–H and O–H groups in total. The van der Waals surface area contributed by atoms with Crippen molar-refractivity contribution in [1.29, 1.82) is 0 Å². The van der Waals surface area contributed by atoms with Crippen LogP contribution in [-0.2, 0) is 9.53 Å². The number of rotatable bonds is 7. The largest absolute Gasteiger partial charge is 0.459 e. The van der Waals surface area contributed by atoms with Gasteiger partial charge in [0.2, 0.25) is 0 Å². The van der Waals surface area contributed by atoms with Crippen LogP contribution >= 0.6 is 0 Å². The Morgan fingerprint density at radius 3 is 2.51 bits per heavy atom. The SMILES string of the molecule is CC(C)CCC[C@@H](C)[C@H]1CC(=O)C2=C3CCC4C[C@@H](OC(=O)c5ccccc5)CC[C@]4(C)[C@H]3CC[C@@]21C. The summed E-state index contributed by atoms with van der Waals surface area (Å²) in [6.07, 6.45) is 12.2. The van der Waals surface area contributed by atoms with Crippen LogP contribution in [0.25, 0.3) is 0 Å². The van der Waals surface area contributed by atoms with Crippen LogP contribution in [0.4, 0.5) is 0 Å². The minimum atomic E-state index is -0.189. The smallest absolute Gasteiger partial charge is 0.338 e. The van der Waals surface area contributed by atoms with E-state index < -0.39 is 0 Å². The third-order valence-electron chi connectivity index (χ3n) is 11.2. The number of ether oxygens (including phenoxy) is 1. The van der Waals surface area contributed by atoms with Gasteiger partial charge >= 0.3 is 5.97 Å². The lowest BCUT2D eigenvalue weighted by Gasteiger charge is -2.56. The van der Waals surface area contributed by atoms with E-state index in [1.807, 2.05) is 30.3 Å². The molecule has 1 unspecified atom stereocenters. The number of Topliss-reactive ketones (excluding diaryl/α,β-unsaturated/α-hetero) is 1. The summed E-state index contributed by atoms with van der Waals surface area (Å²) >= 11 is 0. The van der Waals surface area contributed by atoms with E-state index in [1.54, 1.807) is 0 Å². The Hall–Kier alpha value is -1.90. The number of ketones is 1. The molecule has 5 rings (SSSR count). The fourth-order valence-electron chi connectivity index (χ4n) is 9.10. The van der Waals surface area contributed by atoms with E-state index in [0.29, 0.717) is 35.0 Å². The zero-order valence-corrected chi connectivity index (χ0v) is 23.9. The molecule has 4 aliphatic rings. The molecule has 0 saturated heterocycles. The van der Waals surface area contributed by atoms with Gasteiger partial charge in [0.25, 0.3) is 0 Å². The molecule has 0 spiro atoms. The number of carbonyl (C=O) groups is 2. The van der Waals surface area contributed by atoms with Crippen LogP contribution in [0, 0.1) is 40.4 Å². The monoisotopic (exact) mass is 504 g/mol. The molecule has 37 heavy (non-hydrogen) atoms. The summed E-state index contributed by atoms with van der Waals surface area (Å²) in [7, 11) is 0. The number of esters is 1. The normalized spacial score (nSPS) is 36.1. The number of fused-ring (bicyclic) bond motifs is 4. The summed E-state index contributed by atoms with van der Waals surface area (Å²) in [5, 5.41) is 0. The van der Waals surface area contributed by atoms with E-state index in [-0.39, 0.29) is 22.9 Å². The fraction of sp³-hybridized carbons (Fsp3) is 0.706. The number of carbonyl (C=O) groups excluding carboxylic acids is 2. The molecule has 3 nitrogen and oxygen atoms in total. The summed E-state index contributed by atoms with van der Waals surface area (Å²) in [5.74, 6) is 3.25. The highest BCUT2D eigenvalue weighted by Crippen LogP contribution is 2.65. The maximum absolute atomic E-state index is 13.6. The molecule has 3 saturated carbocycles. The Balaban J connectivity index is 1.30. The molecule has 7 atom stereocenters. The van der Waals surface area contributed by atoms with E-state index >= 15 is 0 Å². The van der Waals surface area contributed by atoms with Gasteiger partial charge in [0.05, 0.1) is 5.56 Å². The zero-order valence-electron chi connectivity index (χ0n) is 23.9. The summed E-state index contributed by atoms with van der Waals surface area (Å²) in [4.78, 5) is 26.3. The van der Waals surface area contributed by atoms with Crippen LogP contribution in [0.3, 0.4) is 0 Å². The average molecular weight is 505 g/mol. The summed E-state index contributed by atoms with van der Waals surface area (Å²) < 4.78 is 5.99. The number of benzene rings is 1. The van der Waals surface area contributed by atoms with Crippen LogP contribution < -0.4 is 0 Å². The highest BCUT2D eigenvalue weighted by atomic mass is 16.5. The van der Waals surface area contributed by atoms with Crippen molar-refractivity contribution in [3.05, 3.63) is 47.0 Å². The lowest BCUT2D eigenvalue weighted by Crippen LogP contribution is -2.49. The Morgan fingerprint density at radius 2 is 1.78 bits per heavy atom. The highest BCUT2D eigenvalue weighted by molar-refractivity contribution is 6.00. The van der Waals surface area contributed by atoms with Gasteiger partial charge in [-0.05, 0) is 97.5 Å². The molecule has 202 valence electrons. The topological polar surface area (TPSA) is 43.4 Å². The second kappa shape index (κ2) is 10.3. The van der Waals surface area contributed by atoms with Crippen molar-refractivity contribution in [3.63, 3.8) is 0 Å². The van der Waals surface area contributed by atoms with E-state index in [2.05, 4.69) is 34.6 Å². The Morgan fingerprint density at radius 1 is 1.03 bits per heavy atom. The van der Waals surface area contributed by atoms with Gasteiger partial charge in [0.1, 0.15) is 6.10 Å². The van der Waals surface area contributed by atoms with Crippen LogP contribution in [0.1, 0.15) is 116 Å². The van der Waals surface area contributed by atoms with Gasteiger partial charge in [-0.2, -0.15) is 0 Å². The van der Waals surface area contributed by atoms with Crippen molar-refractivity contribution in [2.24, 2.45) is 40.4 Å². The highest BCUT2D eigenvalue weighted by Gasteiger charge is 2.58. The van der Waals surface area contributed by atoms with Gasteiger partial charge in [-0.3, -0.25) is 4.79 Å². The predicted molar refractivity (Wildman–Crippen MR) is 149 cm³/mol. The first kappa shape index (κ1) is 26.7. The second-order valence-electron chi connectivity index (χ2n) is 13.9. The fourth-order valence-corrected chi connectivity index (χ4v) is 9.10. The third kappa shape index (κ3) is 4.85. The molecule has 0 heterocycles. The molecule has 1 aromatic carbocycles. The number of allylic oxidation sites excluding steroid dienone is 2. The predicted octanol–water partition coefficient (Wildman–Crippen LogP) is 8.58. The Labute approximate surface area is 224 Å². The minimum Gasteiger partial charge on any atom is -0.459 e. The van der Waals surface area contributed by atoms with Gasteiger partial charge in [-0.15, -0.1) is 0 Å². The van der Waals surface area contributed by atoms with E-state index in [9.17, 15) is 9.59 Å². The quantitative estimate of drug-likeness (QED) is 0.349. The lowest BCUT2D eigenvalue weighted by molar-refractivity contribution is -0.115.